The Morgan fingerprint density at radius 3 is 1.49 bits per heavy atom. The SMILES string of the molecule is CCCCCCCCCCCCCC(=O)OC(COC(=O)CCCCCCCCCCC)COP(=O)(O)OCCN. The fourth-order valence-electron chi connectivity index (χ4n) is 4.52. The molecule has 0 aliphatic heterocycles. The van der Waals surface area contributed by atoms with Crippen LogP contribution in [0, 0.1) is 0 Å². The second-order valence-electron chi connectivity index (χ2n) is 11.0. The van der Waals surface area contributed by atoms with Crippen molar-refractivity contribution in [3.05, 3.63) is 0 Å². The summed E-state index contributed by atoms with van der Waals surface area (Å²) in [6.07, 6.45) is 22.8. The molecule has 10 heteroatoms. The minimum absolute atomic E-state index is 0.0573. The number of phosphoric acid groups is 1. The third kappa shape index (κ3) is 28.9. The summed E-state index contributed by atoms with van der Waals surface area (Å²) < 4.78 is 32.4. The molecule has 0 rings (SSSR count). The molecule has 0 fully saturated rings. The average Bonchev–Trinajstić information content (AvgIpc) is 2.95. The van der Waals surface area contributed by atoms with Crippen molar-refractivity contribution in [1.29, 1.82) is 0 Å². The smallest absolute Gasteiger partial charge is 0.462 e. The van der Waals surface area contributed by atoms with Crippen LogP contribution in [0.2, 0.25) is 0 Å². The van der Waals surface area contributed by atoms with Crippen LogP contribution < -0.4 is 5.73 Å². The maximum Gasteiger partial charge on any atom is 0.472 e. The van der Waals surface area contributed by atoms with E-state index < -0.39 is 26.5 Å². The molecule has 0 heterocycles. The summed E-state index contributed by atoms with van der Waals surface area (Å²) in [4.78, 5) is 34.4. The van der Waals surface area contributed by atoms with Crippen molar-refractivity contribution < 1.29 is 37.6 Å². The van der Waals surface area contributed by atoms with E-state index in [9.17, 15) is 19.0 Å². The van der Waals surface area contributed by atoms with E-state index in [1.807, 2.05) is 0 Å². The molecule has 0 amide bonds. The number of hydrogen-bond acceptors (Lipinski definition) is 8. The molecule has 2 atom stereocenters. The third-order valence-corrected chi connectivity index (χ3v) is 7.98. The minimum atomic E-state index is -4.35. The van der Waals surface area contributed by atoms with Gasteiger partial charge in [-0.15, -0.1) is 0 Å². The molecule has 3 N–H and O–H groups in total. The highest BCUT2D eigenvalue weighted by Gasteiger charge is 2.25. The molecule has 0 saturated carbocycles. The van der Waals surface area contributed by atoms with Gasteiger partial charge in [0.25, 0.3) is 0 Å². The van der Waals surface area contributed by atoms with E-state index in [2.05, 4.69) is 13.8 Å². The van der Waals surface area contributed by atoms with Gasteiger partial charge in [-0.05, 0) is 12.8 Å². The molecule has 0 bridgehead atoms. The summed E-state index contributed by atoms with van der Waals surface area (Å²) in [5.74, 6) is -0.828. The second kappa shape index (κ2) is 29.1. The van der Waals surface area contributed by atoms with Gasteiger partial charge < -0.3 is 20.1 Å². The van der Waals surface area contributed by atoms with E-state index in [0.29, 0.717) is 6.42 Å². The van der Waals surface area contributed by atoms with E-state index in [1.54, 1.807) is 0 Å². The van der Waals surface area contributed by atoms with Gasteiger partial charge in [0.2, 0.25) is 0 Å². The number of phosphoric ester groups is 1. The molecule has 0 aliphatic carbocycles. The van der Waals surface area contributed by atoms with Crippen LogP contribution in [0.1, 0.15) is 155 Å². The van der Waals surface area contributed by atoms with Crippen molar-refractivity contribution >= 4 is 19.8 Å². The highest BCUT2D eigenvalue weighted by Crippen LogP contribution is 2.43. The van der Waals surface area contributed by atoms with Crippen LogP contribution in [0.15, 0.2) is 0 Å². The summed E-state index contributed by atoms with van der Waals surface area (Å²) in [6.45, 7) is 3.68. The van der Waals surface area contributed by atoms with Crippen molar-refractivity contribution in [3.63, 3.8) is 0 Å². The number of ether oxygens (including phenoxy) is 2. The third-order valence-electron chi connectivity index (χ3n) is 6.99. The van der Waals surface area contributed by atoms with Gasteiger partial charge in [-0.2, -0.15) is 0 Å². The van der Waals surface area contributed by atoms with Crippen molar-refractivity contribution in [3.8, 4) is 0 Å². The summed E-state index contributed by atoms with van der Waals surface area (Å²) in [6, 6.07) is 0. The number of esters is 2. The number of hydrogen-bond donors (Lipinski definition) is 2. The predicted octanol–water partition coefficient (Wildman–Crippen LogP) is 8.16. The summed E-state index contributed by atoms with van der Waals surface area (Å²) in [7, 11) is -4.35. The lowest BCUT2D eigenvalue weighted by Gasteiger charge is -2.19. The number of unbranched alkanes of at least 4 members (excludes halogenated alkanes) is 18. The van der Waals surface area contributed by atoms with Crippen LogP contribution in [0.5, 0.6) is 0 Å². The monoisotopic (exact) mass is 607 g/mol. The predicted molar refractivity (Wildman–Crippen MR) is 165 cm³/mol. The van der Waals surface area contributed by atoms with E-state index >= 15 is 0 Å². The van der Waals surface area contributed by atoms with Gasteiger partial charge in [-0.3, -0.25) is 18.6 Å². The van der Waals surface area contributed by atoms with Gasteiger partial charge in [0.1, 0.15) is 6.61 Å². The Morgan fingerprint density at radius 2 is 1.05 bits per heavy atom. The maximum atomic E-state index is 12.4. The van der Waals surface area contributed by atoms with E-state index in [1.165, 1.54) is 89.9 Å². The topological polar surface area (TPSA) is 134 Å². The van der Waals surface area contributed by atoms with Gasteiger partial charge in [-0.25, -0.2) is 4.57 Å². The molecule has 9 nitrogen and oxygen atoms in total. The molecular formula is C31H62NO8P. The largest absolute Gasteiger partial charge is 0.472 e. The van der Waals surface area contributed by atoms with Crippen LogP contribution in [0.3, 0.4) is 0 Å². The Hall–Kier alpha value is -0.990. The zero-order valence-electron chi connectivity index (χ0n) is 26.3. The number of carbonyl (C=O) groups is 2. The van der Waals surface area contributed by atoms with Crippen LogP contribution in [0.25, 0.3) is 0 Å². The highest BCUT2D eigenvalue weighted by molar-refractivity contribution is 7.47. The van der Waals surface area contributed by atoms with Crippen LogP contribution >= 0.6 is 7.82 Å². The van der Waals surface area contributed by atoms with Crippen LogP contribution in [-0.2, 0) is 32.7 Å². The van der Waals surface area contributed by atoms with Crippen molar-refractivity contribution in [2.45, 2.75) is 161 Å². The molecular weight excluding hydrogens is 545 g/mol. The normalized spacial score (nSPS) is 13.6. The Labute approximate surface area is 250 Å². The first kappa shape index (κ1) is 40.0. The van der Waals surface area contributed by atoms with Crippen LogP contribution in [0.4, 0.5) is 0 Å². The molecule has 2 unspecified atom stereocenters. The van der Waals surface area contributed by atoms with E-state index in [0.717, 1.165) is 32.1 Å². The Kier molecular flexibility index (Phi) is 28.4. The standard InChI is InChI=1S/C31H62NO8P/c1-3-5-7-9-11-13-14-16-18-20-22-24-31(34)40-29(28-39-41(35,36)38-26-25-32)27-37-30(33)23-21-19-17-15-12-10-8-6-4-2/h29H,3-28,32H2,1-2H3,(H,35,36). The lowest BCUT2D eigenvalue weighted by Crippen LogP contribution is -2.29. The summed E-state index contributed by atoms with van der Waals surface area (Å²) >= 11 is 0. The molecule has 0 aliphatic rings. The van der Waals surface area contributed by atoms with Gasteiger partial charge >= 0.3 is 19.8 Å². The van der Waals surface area contributed by atoms with Crippen LogP contribution in [-0.4, -0.2) is 49.3 Å². The maximum absolute atomic E-state index is 12.4. The Balaban J connectivity index is 4.29. The first-order valence-corrected chi connectivity index (χ1v) is 18.0. The Bertz CT molecular complexity index is 664. The van der Waals surface area contributed by atoms with Gasteiger partial charge in [-0.1, -0.05) is 129 Å². The van der Waals surface area contributed by atoms with Gasteiger partial charge in [0, 0.05) is 19.4 Å². The average molecular weight is 608 g/mol. The van der Waals surface area contributed by atoms with Crippen molar-refractivity contribution in [2.24, 2.45) is 5.73 Å². The molecule has 0 aromatic carbocycles. The summed E-state index contributed by atoms with van der Waals surface area (Å²) in [5, 5.41) is 0. The number of carbonyl (C=O) groups excluding carboxylic acids is 2. The molecule has 244 valence electrons. The minimum Gasteiger partial charge on any atom is -0.462 e. The zero-order chi connectivity index (χ0) is 30.4. The molecule has 0 saturated heterocycles. The van der Waals surface area contributed by atoms with Gasteiger partial charge in [0.15, 0.2) is 6.10 Å². The number of rotatable bonds is 31. The fraction of sp³-hybridized carbons (Fsp3) is 0.935. The molecule has 41 heavy (non-hydrogen) atoms. The quantitative estimate of drug-likeness (QED) is 0.0454. The van der Waals surface area contributed by atoms with Crippen molar-refractivity contribution in [2.75, 3.05) is 26.4 Å². The Morgan fingerprint density at radius 1 is 0.634 bits per heavy atom. The lowest BCUT2D eigenvalue weighted by molar-refractivity contribution is -0.161. The first-order valence-electron chi connectivity index (χ1n) is 16.5. The van der Waals surface area contributed by atoms with E-state index in [-0.39, 0.29) is 38.6 Å². The lowest BCUT2D eigenvalue weighted by atomic mass is 10.1. The highest BCUT2D eigenvalue weighted by atomic mass is 31.2. The molecule has 0 aromatic heterocycles. The molecule has 0 radical (unpaired) electrons. The number of nitrogens with two attached hydrogens (primary N) is 1. The van der Waals surface area contributed by atoms with Gasteiger partial charge in [0.05, 0.1) is 13.2 Å². The van der Waals surface area contributed by atoms with Crippen molar-refractivity contribution in [1.82, 2.24) is 0 Å². The fourth-order valence-corrected chi connectivity index (χ4v) is 5.28. The summed E-state index contributed by atoms with van der Waals surface area (Å²) in [5.41, 5.74) is 5.30. The molecule has 0 aromatic rings. The second-order valence-corrected chi connectivity index (χ2v) is 12.5. The zero-order valence-corrected chi connectivity index (χ0v) is 27.2. The van der Waals surface area contributed by atoms with E-state index in [4.69, 9.17) is 24.3 Å². The molecule has 0 spiro atoms. The first-order chi connectivity index (χ1) is 19.8.